The van der Waals surface area contributed by atoms with Gasteiger partial charge in [0, 0.05) is 13.1 Å². The number of nitrogens with zero attached hydrogens (tertiary/aromatic N) is 3. The summed E-state index contributed by atoms with van der Waals surface area (Å²) >= 11 is 0.612. The minimum atomic E-state index is -4.43. The molecule has 1 saturated carbocycles. The van der Waals surface area contributed by atoms with E-state index in [-0.39, 0.29) is 5.60 Å². The first-order valence-electron chi connectivity index (χ1n) is 7.05. The van der Waals surface area contributed by atoms with Gasteiger partial charge in [0.15, 0.2) is 0 Å². The minimum absolute atomic E-state index is 0.244. The first kappa shape index (κ1) is 15.0. The van der Waals surface area contributed by atoms with E-state index in [4.69, 9.17) is 4.74 Å². The van der Waals surface area contributed by atoms with Crippen LogP contribution in [0.4, 0.5) is 18.3 Å². The maximum atomic E-state index is 12.7. The molecule has 3 rings (SSSR count). The number of rotatable bonds is 1. The van der Waals surface area contributed by atoms with Crippen molar-refractivity contribution in [1.82, 2.24) is 10.2 Å². The Morgan fingerprint density at radius 3 is 2.38 bits per heavy atom. The number of morpholine rings is 1. The third-order valence-corrected chi connectivity index (χ3v) is 5.01. The molecule has 0 aromatic carbocycles. The predicted molar refractivity (Wildman–Crippen MR) is 73.5 cm³/mol. The van der Waals surface area contributed by atoms with Crippen LogP contribution in [-0.2, 0) is 10.9 Å². The van der Waals surface area contributed by atoms with Crippen LogP contribution in [0.15, 0.2) is 0 Å². The molecule has 0 atom stereocenters. The van der Waals surface area contributed by atoms with Gasteiger partial charge < -0.3 is 9.64 Å². The van der Waals surface area contributed by atoms with Crippen LogP contribution in [0.25, 0.3) is 0 Å². The van der Waals surface area contributed by atoms with Crippen molar-refractivity contribution in [1.29, 1.82) is 0 Å². The fourth-order valence-corrected chi connectivity index (χ4v) is 4.10. The number of ether oxygens (including phenoxy) is 1. The second kappa shape index (κ2) is 4.81. The molecular weight excluding hydrogens is 303 g/mol. The summed E-state index contributed by atoms with van der Waals surface area (Å²) in [5.41, 5.74) is -0.640. The number of hydrogen-bond acceptors (Lipinski definition) is 5. The maximum absolute atomic E-state index is 12.7. The standard InChI is InChI=1S/C13H18F3N3OS/c1-11(2)7-19(8-12(20-11)5-3-4-6-12)10-18-17-9(21-10)13(14,15)16/h3-8H2,1-2H3. The van der Waals surface area contributed by atoms with Crippen molar-refractivity contribution in [3.63, 3.8) is 0 Å². The van der Waals surface area contributed by atoms with Crippen molar-refractivity contribution in [3.8, 4) is 0 Å². The van der Waals surface area contributed by atoms with Crippen molar-refractivity contribution in [3.05, 3.63) is 5.01 Å². The zero-order valence-corrected chi connectivity index (χ0v) is 12.9. The van der Waals surface area contributed by atoms with Gasteiger partial charge in [-0.25, -0.2) is 0 Å². The second-order valence-electron chi connectivity index (χ2n) is 6.50. The molecule has 1 aliphatic carbocycles. The molecule has 0 N–H and O–H groups in total. The molecule has 4 nitrogen and oxygen atoms in total. The molecular formula is C13H18F3N3OS. The van der Waals surface area contributed by atoms with Crippen LogP contribution in [-0.4, -0.2) is 34.5 Å². The van der Waals surface area contributed by atoms with Gasteiger partial charge in [-0.2, -0.15) is 13.2 Å². The molecule has 0 amide bonds. The lowest BCUT2D eigenvalue weighted by atomic mass is 9.94. The lowest BCUT2D eigenvalue weighted by Gasteiger charge is -2.48. The predicted octanol–water partition coefficient (Wildman–Crippen LogP) is 3.48. The zero-order chi connectivity index (χ0) is 15.3. The Bertz CT molecular complexity index is 523. The van der Waals surface area contributed by atoms with Crippen LogP contribution in [0.2, 0.25) is 0 Å². The highest BCUT2D eigenvalue weighted by Crippen LogP contribution is 2.43. The lowest BCUT2D eigenvalue weighted by Crippen LogP contribution is -2.58. The number of hydrogen-bond donors (Lipinski definition) is 0. The molecule has 0 unspecified atom stereocenters. The molecule has 118 valence electrons. The molecule has 0 radical (unpaired) electrons. The average Bonchev–Trinajstić information content (AvgIpc) is 2.94. The Balaban J connectivity index is 1.85. The van der Waals surface area contributed by atoms with Gasteiger partial charge in [0.2, 0.25) is 10.1 Å². The van der Waals surface area contributed by atoms with Crippen LogP contribution >= 0.6 is 11.3 Å². The molecule has 1 aromatic rings. The van der Waals surface area contributed by atoms with E-state index in [9.17, 15) is 13.2 Å². The zero-order valence-electron chi connectivity index (χ0n) is 12.0. The Hall–Kier alpha value is -0.890. The fourth-order valence-electron chi connectivity index (χ4n) is 3.39. The topological polar surface area (TPSA) is 38.2 Å². The summed E-state index contributed by atoms with van der Waals surface area (Å²) in [7, 11) is 0. The first-order valence-corrected chi connectivity index (χ1v) is 7.87. The second-order valence-corrected chi connectivity index (χ2v) is 7.45. The van der Waals surface area contributed by atoms with Gasteiger partial charge in [-0.15, -0.1) is 10.2 Å². The van der Waals surface area contributed by atoms with Crippen molar-refractivity contribution >= 4 is 16.5 Å². The Morgan fingerprint density at radius 2 is 1.81 bits per heavy atom. The van der Waals surface area contributed by atoms with Crippen molar-refractivity contribution in [2.24, 2.45) is 0 Å². The highest BCUT2D eigenvalue weighted by molar-refractivity contribution is 7.15. The molecule has 8 heteroatoms. The van der Waals surface area contributed by atoms with E-state index in [1.165, 1.54) is 0 Å². The third kappa shape index (κ3) is 3.01. The molecule has 21 heavy (non-hydrogen) atoms. The summed E-state index contributed by atoms with van der Waals surface area (Å²) in [5, 5.41) is 6.48. The van der Waals surface area contributed by atoms with Gasteiger partial charge in [0.1, 0.15) is 0 Å². The van der Waals surface area contributed by atoms with Crippen LogP contribution in [0, 0.1) is 0 Å². The van der Waals surface area contributed by atoms with Gasteiger partial charge in [-0.05, 0) is 26.7 Å². The summed E-state index contributed by atoms with van der Waals surface area (Å²) < 4.78 is 44.3. The normalized spacial score (nSPS) is 24.7. The Morgan fingerprint density at radius 1 is 1.14 bits per heavy atom. The maximum Gasteiger partial charge on any atom is 0.445 e. The molecule has 1 aliphatic heterocycles. The van der Waals surface area contributed by atoms with Gasteiger partial charge in [0.05, 0.1) is 11.2 Å². The number of aromatic nitrogens is 2. The largest absolute Gasteiger partial charge is 0.445 e. The smallest absolute Gasteiger partial charge is 0.365 e. The molecule has 2 fully saturated rings. The van der Waals surface area contributed by atoms with Crippen LogP contribution < -0.4 is 4.90 Å². The number of halogens is 3. The van der Waals surface area contributed by atoms with Crippen LogP contribution in [0.1, 0.15) is 44.5 Å². The summed E-state index contributed by atoms with van der Waals surface area (Å²) in [6.45, 7) is 5.08. The van der Waals surface area contributed by atoms with Gasteiger partial charge >= 0.3 is 6.18 Å². The molecule has 2 heterocycles. The summed E-state index contributed by atoms with van der Waals surface area (Å²) in [4.78, 5) is 1.90. The van der Waals surface area contributed by atoms with E-state index in [2.05, 4.69) is 10.2 Å². The third-order valence-electron chi connectivity index (χ3n) is 3.99. The van der Waals surface area contributed by atoms with E-state index < -0.39 is 16.8 Å². The van der Waals surface area contributed by atoms with E-state index in [0.29, 0.717) is 29.6 Å². The monoisotopic (exact) mass is 321 g/mol. The molecule has 0 bridgehead atoms. The molecule has 1 aromatic heterocycles. The van der Waals surface area contributed by atoms with Crippen molar-refractivity contribution < 1.29 is 17.9 Å². The summed E-state index contributed by atoms with van der Waals surface area (Å²) in [6, 6.07) is 0. The molecule has 1 spiro atoms. The van der Waals surface area contributed by atoms with Gasteiger partial charge in [-0.1, -0.05) is 24.2 Å². The highest BCUT2D eigenvalue weighted by atomic mass is 32.1. The number of anilines is 1. The average molecular weight is 321 g/mol. The van der Waals surface area contributed by atoms with Crippen LogP contribution in [0.3, 0.4) is 0 Å². The highest BCUT2D eigenvalue weighted by Gasteiger charge is 2.47. The Kier molecular flexibility index (Phi) is 3.44. The van der Waals surface area contributed by atoms with Crippen LogP contribution in [0.5, 0.6) is 0 Å². The van der Waals surface area contributed by atoms with Crippen molar-refractivity contribution in [2.45, 2.75) is 56.9 Å². The molecule has 1 saturated heterocycles. The SMILES string of the molecule is CC1(C)CN(c2nnc(C(F)(F)F)s2)CC2(CCCC2)O1. The quantitative estimate of drug-likeness (QED) is 0.794. The summed E-state index contributed by atoms with van der Waals surface area (Å²) in [6.07, 6.45) is -0.305. The van der Waals surface area contributed by atoms with E-state index in [0.717, 1.165) is 25.7 Å². The van der Waals surface area contributed by atoms with E-state index in [1.807, 2.05) is 18.7 Å². The first-order chi connectivity index (χ1) is 9.69. The Labute approximate surface area is 125 Å². The molecule has 2 aliphatic rings. The summed E-state index contributed by atoms with van der Waals surface area (Å²) in [5.74, 6) is 0. The minimum Gasteiger partial charge on any atom is -0.365 e. The van der Waals surface area contributed by atoms with Crippen molar-refractivity contribution in [2.75, 3.05) is 18.0 Å². The van der Waals surface area contributed by atoms with Gasteiger partial charge in [0.25, 0.3) is 0 Å². The number of alkyl halides is 3. The van der Waals surface area contributed by atoms with E-state index in [1.54, 1.807) is 0 Å². The fraction of sp³-hybridized carbons (Fsp3) is 0.846. The van der Waals surface area contributed by atoms with E-state index >= 15 is 0 Å². The van der Waals surface area contributed by atoms with Gasteiger partial charge in [-0.3, -0.25) is 0 Å². The lowest BCUT2D eigenvalue weighted by molar-refractivity contribution is -0.148.